The fourth-order valence-corrected chi connectivity index (χ4v) is 3.91. The lowest BCUT2D eigenvalue weighted by Gasteiger charge is -2.15. The maximum atomic E-state index is 4.83. The quantitative estimate of drug-likeness (QED) is 0.682. The summed E-state index contributed by atoms with van der Waals surface area (Å²) in [6.07, 6.45) is 6.83. The van der Waals surface area contributed by atoms with Crippen molar-refractivity contribution in [3.05, 3.63) is 32.1 Å². The molecule has 6 heteroatoms. The third kappa shape index (κ3) is 3.21. The highest BCUT2D eigenvalue weighted by molar-refractivity contribution is 14.1. The molecule has 1 aliphatic carbocycles. The highest BCUT2D eigenvalue weighted by Gasteiger charge is 2.24. The van der Waals surface area contributed by atoms with Gasteiger partial charge in [-0.1, -0.05) is 12.8 Å². The third-order valence-electron chi connectivity index (χ3n) is 3.81. The number of nitrogens with one attached hydrogen (secondary N) is 1. The van der Waals surface area contributed by atoms with Crippen LogP contribution in [0.3, 0.4) is 0 Å². The third-order valence-corrected chi connectivity index (χ3v) is 5.34. The summed E-state index contributed by atoms with van der Waals surface area (Å²) in [4.78, 5) is 13.9. The number of hydrogen-bond acceptors (Lipinski definition) is 4. The maximum Gasteiger partial charge on any atom is 0.180 e. The van der Waals surface area contributed by atoms with E-state index in [0.29, 0.717) is 11.7 Å². The van der Waals surface area contributed by atoms with Crippen LogP contribution in [-0.2, 0) is 0 Å². The molecule has 0 spiro atoms. The molecule has 2 heterocycles. The molecule has 0 unspecified atom stereocenters. The Morgan fingerprint density at radius 1 is 1.24 bits per heavy atom. The van der Waals surface area contributed by atoms with Gasteiger partial charge in [0.2, 0.25) is 0 Å². The normalized spacial score (nSPS) is 15.4. The van der Waals surface area contributed by atoms with E-state index < -0.39 is 0 Å². The van der Waals surface area contributed by atoms with Gasteiger partial charge in [-0.2, -0.15) is 0 Å². The molecule has 4 nitrogen and oxygen atoms in total. The van der Waals surface area contributed by atoms with Crippen LogP contribution in [0.5, 0.6) is 0 Å². The minimum absolute atomic E-state index is 0.557. The molecule has 0 atom stereocenters. The molecule has 0 saturated heterocycles. The Hall–Kier alpha value is -0.760. The Bertz CT molecular complexity index is 639. The Labute approximate surface area is 146 Å². The van der Waals surface area contributed by atoms with E-state index in [1.165, 1.54) is 31.4 Å². The van der Waals surface area contributed by atoms with Gasteiger partial charge in [0.25, 0.3) is 0 Å². The zero-order chi connectivity index (χ0) is 14.8. The zero-order valence-corrected chi connectivity index (χ0v) is 15.5. The molecule has 0 bridgehead atoms. The van der Waals surface area contributed by atoms with E-state index in [4.69, 9.17) is 4.98 Å². The van der Waals surface area contributed by atoms with Crippen LogP contribution in [0.4, 0.5) is 5.82 Å². The molecule has 1 fully saturated rings. The molecule has 21 heavy (non-hydrogen) atoms. The number of rotatable bonds is 3. The molecule has 0 radical (unpaired) electrons. The van der Waals surface area contributed by atoms with Crippen LogP contribution in [0, 0.1) is 3.57 Å². The Morgan fingerprint density at radius 3 is 2.62 bits per heavy atom. The van der Waals surface area contributed by atoms with Crippen molar-refractivity contribution in [3.63, 3.8) is 0 Å². The van der Waals surface area contributed by atoms with Crippen molar-refractivity contribution in [1.82, 2.24) is 15.0 Å². The van der Waals surface area contributed by atoms with E-state index >= 15 is 0 Å². The second kappa shape index (κ2) is 6.56. The van der Waals surface area contributed by atoms with Crippen molar-refractivity contribution in [3.8, 4) is 11.5 Å². The van der Waals surface area contributed by atoms with E-state index in [2.05, 4.69) is 53.8 Å². The van der Waals surface area contributed by atoms with Gasteiger partial charge in [0.05, 0.1) is 9.26 Å². The maximum absolute atomic E-state index is 4.83. The first-order valence-electron chi connectivity index (χ1n) is 7.06. The Kier molecular flexibility index (Phi) is 4.73. The summed E-state index contributed by atoms with van der Waals surface area (Å²) in [5.74, 6) is 2.16. The fraction of sp³-hybridized carbons (Fsp3) is 0.400. The van der Waals surface area contributed by atoms with Crippen LogP contribution in [0.1, 0.15) is 37.3 Å². The lowest BCUT2D eigenvalue weighted by molar-refractivity contribution is 0.690. The number of anilines is 1. The van der Waals surface area contributed by atoms with Gasteiger partial charge in [0, 0.05) is 23.6 Å². The lowest BCUT2D eigenvalue weighted by atomic mass is 10.0. The van der Waals surface area contributed by atoms with Gasteiger partial charge in [0.15, 0.2) is 5.82 Å². The summed E-state index contributed by atoms with van der Waals surface area (Å²) in [5.41, 5.74) is 1.98. The van der Waals surface area contributed by atoms with Gasteiger partial charge in [0.1, 0.15) is 11.5 Å². The van der Waals surface area contributed by atoms with E-state index in [-0.39, 0.29) is 0 Å². The average Bonchev–Trinajstić information content (AvgIpc) is 3.02. The van der Waals surface area contributed by atoms with Crippen LogP contribution in [0.15, 0.2) is 22.8 Å². The van der Waals surface area contributed by atoms with E-state index in [9.17, 15) is 0 Å². The number of aromatic nitrogens is 3. The van der Waals surface area contributed by atoms with Crippen LogP contribution < -0.4 is 5.32 Å². The largest absolute Gasteiger partial charge is 0.372 e. The summed E-state index contributed by atoms with van der Waals surface area (Å²) in [5, 5.41) is 3.19. The van der Waals surface area contributed by atoms with Gasteiger partial charge in [-0.15, -0.1) is 0 Å². The van der Waals surface area contributed by atoms with Crippen molar-refractivity contribution in [1.29, 1.82) is 0 Å². The Balaban J connectivity index is 2.08. The van der Waals surface area contributed by atoms with Crippen molar-refractivity contribution < 1.29 is 0 Å². The average molecular weight is 459 g/mol. The predicted octanol–water partition coefficient (Wildman–Crippen LogP) is 4.61. The van der Waals surface area contributed by atoms with Crippen LogP contribution in [0.2, 0.25) is 0 Å². The number of pyridine rings is 1. The van der Waals surface area contributed by atoms with Crippen molar-refractivity contribution in [2.75, 3.05) is 12.4 Å². The molecule has 2 aromatic heterocycles. The molecular formula is C15H16BrIN4. The van der Waals surface area contributed by atoms with E-state index in [0.717, 1.165) is 19.6 Å². The summed E-state index contributed by atoms with van der Waals surface area (Å²) in [6.45, 7) is 0. The fourth-order valence-electron chi connectivity index (χ4n) is 2.72. The molecule has 2 aromatic rings. The van der Waals surface area contributed by atoms with Crippen LogP contribution in [-0.4, -0.2) is 22.0 Å². The minimum Gasteiger partial charge on any atom is -0.372 e. The molecule has 1 saturated carbocycles. The smallest absolute Gasteiger partial charge is 0.180 e. The predicted molar refractivity (Wildman–Crippen MR) is 96.4 cm³/mol. The topological polar surface area (TPSA) is 50.7 Å². The van der Waals surface area contributed by atoms with Crippen molar-refractivity contribution >= 4 is 44.3 Å². The summed E-state index contributed by atoms with van der Waals surface area (Å²) in [6, 6.07) is 3.92. The van der Waals surface area contributed by atoms with E-state index in [1.807, 2.05) is 19.2 Å². The monoisotopic (exact) mass is 458 g/mol. The highest BCUT2D eigenvalue weighted by Crippen LogP contribution is 2.37. The molecule has 0 aliphatic heterocycles. The molecule has 110 valence electrons. The highest BCUT2D eigenvalue weighted by atomic mass is 127. The first-order valence-corrected chi connectivity index (χ1v) is 8.93. The molecule has 3 rings (SSSR count). The standard InChI is InChI=1S/C15H16BrIN4/c1-18-15-12(17)13(9-4-2-3-5-9)20-14(21-15)11-7-6-10(16)8-19-11/h6-9H,2-5H2,1H3,(H,18,20,21). The second-order valence-electron chi connectivity index (χ2n) is 5.19. The van der Waals surface area contributed by atoms with Crippen LogP contribution >= 0.6 is 38.5 Å². The second-order valence-corrected chi connectivity index (χ2v) is 7.18. The molecule has 0 aromatic carbocycles. The van der Waals surface area contributed by atoms with Gasteiger partial charge in [-0.05, 0) is 63.5 Å². The van der Waals surface area contributed by atoms with Crippen LogP contribution in [0.25, 0.3) is 11.5 Å². The van der Waals surface area contributed by atoms with Gasteiger partial charge >= 0.3 is 0 Å². The SMILES string of the molecule is CNc1nc(-c2ccc(Br)cn2)nc(C2CCCC2)c1I. The Morgan fingerprint density at radius 2 is 2.00 bits per heavy atom. The van der Waals surface area contributed by atoms with Gasteiger partial charge in [-0.25, -0.2) is 9.97 Å². The lowest BCUT2D eigenvalue weighted by Crippen LogP contribution is -2.08. The molecule has 1 aliphatic rings. The van der Waals surface area contributed by atoms with Crippen molar-refractivity contribution in [2.24, 2.45) is 0 Å². The van der Waals surface area contributed by atoms with Gasteiger partial charge in [-0.3, -0.25) is 4.98 Å². The number of halogens is 2. The van der Waals surface area contributed by atoms with Gasteiger partial charge < -0.3 is 5.32 Å². The molecule has 0 amide bonds. The summed E-state index contributed by atoms with van der Waals surface area (Å²) in [7, 11) is 1.90. The molecule has 1 N–H and O–H groups in total. The number of hydrogen-bond donors (Lipinski definition) is 1. The van der Waals surface area contributed by atoms with E-state index in [1.54, 1.807) is 6.20 Å². The van der Waals surface area contributed by atoms with Crippen molar-refractivity contribution in [2.45, 2.75) is 31.6 Å². The molecular weight excluding hydrogens is 443 g/mol. The summed E-state index contributed by atoms with van der Waals surface area (Å²) < 4.78 is 2.10. The first-order chi connectivity index (χ1) is 10.2. The zero-order valence-electron chi connectivity index (χ0n) is 11.7. The summed E-state index contributed by atoms with van der Waals surface area (Å²) >= 11 is 5.77. The first kappa shape index (κ1) is 15.1. The minimum atomic E-state index is 0.557. The number of nitrogens with zero attached hydrogens (tertiary/aromatic N) is 3.